The van der Waals surface area contributed by atoms with Gasteiger partial charge in [0.1, 0.15) is 6.33 Å². The van der Waals surface area contributed by atoms with Gasteiger partial charge in [-0.3, -0.25) is 0 Å². The fourth-order valence-corrected chi connectivity index (χ4v) is 1.72. The highest BCUT2D eigenvalue weighted by Gasteiger charge is 2.17. The van der Waals surface area contributed by atoms with Gasteiger partial charge in [0, 0.05) is 20.2 Å². The first-order valence-electron chi connectivity index (χ1n) is 5.98. The van der Waals surface area contributed by atoms with Gasteiger partial charge in [-0.05, 0) is 5.92 Å². The van der Waals surface area contributed by atoms with E-state index < -0.39 is 0 Å². The molecule has 1 aromatic rings. The predicted molar refractivity (Wildman–Crippen MR) is 71.9 cm³/mol. The van der Waals surface area contributed by atoms with Crippen molar-refractivity contribution >= 4 is 11.6 Å². The molecule has 0 amide bonds. The molecule has 102 valence electrons. The summed E-state index contributed by atoms with van der Waals surface area (Å²) in [4.78, 5) is 10.3. The molecule has 0 fully saturated rings. The number of nitrogens with two attached hydrogens (primary N) is 1. The maximum absolute atomic E-state index is 5.80. The summed E-state index contributed by atoms with van der Waals surface area (Å²) in [5.74, 6) is 2.10. The summed E-state index contributed by atoms with van der Waals surface area (Å²) < 4.78 is 10.4. The highest BCUT2D eigenvalue weighted by Crippen LogP contribution is 2.30. The SMILES string of the molecule is COCCN(CC(C)C)c1ncnc(N)c1OC. The van der Waals surface area contributed by atoms with E-state index in [1.54, 1.807) is 14.2 Å². The molecular formula is C12H22N4O2. The number of anilines is 2. The molecule has 2 N–H and O–H groups in total. The van der Waals surface area contributed by atoms with Crippen LogP contribution in [0.3, 0.4) is 0 Å². The number of methoxy groups -OCH3 is 2. The minimum absolute atomic E-state index is 0.355. The molecule has 6 heteroatoms. The Hall–Kier alpha value is -1.56. The molecule has 6 nitrogen and oxygen atoms in total. The monoisotopic (exact) mass is 254 g/mol. The van der Waals surface area contributed by atoms with E-state index in [0.717, 1.165) is 18.9 Å². The van der Waals surface area contributed by atoms with Crippen molar-refractivity contribution in [1.29, 1.82) is 0 Å². The molecule has 0 saturated heterocycles. The first kappa shape index (κ1) is 14.5. The van der Waals surface area contributed by atoms with E-state index in [-0.39, 0.29) is 0 Å². The third-order valence-electron chi connectivity index (χ3n) is 2.47. The summed E-state index contributed by atoms with van der Waals surface area (Å²) in [5, 5.41) is 0. The highest BCUT2D eigenvalue weighted by atomic mass is 16.5. The second-order valence-corrected chi connectivity index (χ2v) is 4.45. The lowest BCUT2D eigenvalue weighted by Crippen LogP contribution is -2.32. The first-order chi connectivity index (χ1) is 8.60. The maximum atomic E-state index is 5.80. The van der Waals surface area contributed by atoms with E-state index in [1.165, 1.54) is 6.33 Å². The Balaban J connectivity index is 2.99. The molecule has 1 rings (SSSR count). The third kappa shape index (κ3) is 3.73. The molecule has 0 aliphatic heterocycles. The maximum Gasteiger partial charge on any atom is 0.204 e. The van der Waals surface area contributed by atoms with E-state index >= 15 is 0 Å². The minimum atomic E-state index is 0.355. The molecule has 18 heavy (non-hydrogen) atoms. The van der Waals surface area contributed by atoms with Crippen molar-refractivity contribution in [1.82, 2.24) is 9.97 Å². The molecular weight excluding hydrogens is 232 g/mol. The quantitative estimate of drug-likeness (QED) is 0.787. The average molecular weight is 254 g/mol. The van der Waals surface area contributed by atoms with Gasteiger partial charge in [-0.2, -0.15) is 0 Å². The number of nitrogen functional groups attached to an aromatic ring is 1. The molecule has 0 radical (unpaired) electrons. The standard InChI is InChI=1S/C12H22N4O2/c1-9(2)7-16(5-6-17-3)12-10(18-4)11(13)14-8-15-12/h8-9H,5-7H2,1-4H3,(H2,13,14,15). The topological polar surface area (TPSA) is 73.5 Å². The average Bonchev–Trinajstić information content (AvgIpc) is 2.33. The van der Waals surface area contributed by atoms with E-state index in [0.29, 0.717) is 24.1 Å². The van der Waals surface area contributed by atoms with Crippen molar-refractivity contribution in [3.05, 3.63) is 6.33 Å². The molecule has 0 aliphatic carbocycles. The van der Waals surface area contributed by atoms with Gasteiger partial charge in [0.2, 0.25) is 5.75 Å². The summed E-state index contributed by atoms with van der Waals surface area (Å²) in [6.45, 7) is 6.52. The van der Waals surface area contributed by atoms with Crippen molar-refractivity contribution in [3.8, 4) is 5.75 Å². The van der Waals surface area contributed by atoms with Crippen molar-refractivity contribution in [2.24, 2.45) is 5.92 Å². The van der Waals surface area contributed by atoms with Gasteiger partial charge < -0.3 is 20.1 Å². The van der Waals surface area contributed by atoms with Gasteiger partial charge in [0.05, 0.1) is 13.7 Å². The summed E-state index contributed by atoms with van der Waals surface area (Å²) in [7, 11) is 3.25. The smallest absolute Gasteiger partial charge is 0.204 e. The second kappa shape index (κ2) is 7.00. The zero-order chi connectivity index (χ0) is 13.5. The zero-order valence-corrected chi connectivity index (χ0v) is 11.5. The molecule has 0 aromatic carbocycles. The Morgan fingerprint density at radius 1 is 1.33 bits per heavy atom. The lowest BCUT2D eigenvalue weighted by Gasteiger charge is -2.26. The van der Waals surface area contributed by atoms with Crippen LogP contribution in [0.15, 0.2) is 6.33 Å². The number of aromatic nitrogens is 2. The molecule has 0 saturated carbocycles. The third-order valence-corrected chi connectivity index (χ3v) is 2.47. The summed E-state index contributed by atoms with van der Waals surface area (Å²) in [6.07, 6.45) is 1.45. The van der Waals surface area contributed by atoms with Crippen molar-refractivity contribution in [3.63, 3.8) is 0 Å². The lowest BCUT2D eigenvalue weighted by molar-refractivity contribution is 0.204. The summed E-state index contributed by atoms with van der Waals surface area (Å²) in [5.41, 5.74) is 5.80. The lowest BCUT2D eigenvalue weighted by atomic mass is 10.2. The molecule has 0 atom stereocenters. The van der Waals surface area contributed by atoms with Gasteiger partial charge in [-0.1, -0.05) is 13.8 Å². The van der Waals surface area contributed by atoms with Crippen molar-refractivity contribution < 1.29 is 9.47 Å². The number of hydrogen-bond acceptors (Lipinski definition) is 6. The van der Waals surface area contributed by atoms with Crippen LogP contribution in [-0.2, 0) is 4.74 Å². The largest absolute Gasteiger partial charge is 0.490 e. The normalized spacial score (nSPS) is 10.7. The Labute approximate surface area is 108 Å². The predicted octanol–water partition coefficient (Wildman–Crippen LogP) is 1.18. The Bertz CT molecular complexity index is 371. The molecule has 0 bridgehead atoms. The molecule has 0 spiro atoms. The van der Waals surface area contributed by atoms with Crippen molar-refractivity contribution in [2.45, 2.75) is 13.8 Å². The van der Waals surface area contributed by atoms with Crippen LogP contribution in [-0.4, -0.2) is 43.9 Å². The Morgan fingerprint density at radius 2 is 2.06 bits per heavy atom. The fraction of sp³-hybridized carbons (Fsp3) is 0.667. The van der Waals surface area contributed by atoms with Gasteiger partial charge in [0.15, 0.2) is 11.6 Å². The van der Waals surface area contributed by atoms with Gasteiger partial charge in [-0.15, -0.1) is 0 Å². The van der Waals surface area contributed by atoms with E-state index in [4.69, 9.17) is 15.2 Å². The molecule has 1 heterocycles. The van der Waals surface area contributed by atoms with Crippen LogP contribution in [0.2, 0.25) is 0 Å². The van der Waals surface area contributed by atoms with Gasteiger partial charge >= 0.3 is 0 Å². The number of hydrogen-bond donors (Lipinski definition) is 1. The van der Waals surface area contributed by atoms with Crippen LogP contribution in [0.5, 0.6) is 5.75 Å². The summed E-state index contributed by atoms with van der Waals surface area (Å²) in [6, 6.07) is 0. The molecule has 0 unspecified atom stereocenters. The van der Waals surface area contributed by atoms with Crippen LogP contribution in [0.1, 0.15) is 13.8 Å². The number of nitrogens with zero attached hydrogens (tertiary/aromatic N) is 3. The van der Waals surface area contributed by atoms with Crippen LogP contribution >= 0.6 is 0 Å². The fourth-order valence-electron chi connectivity index (χ4n) is 1.72. The highest BCUT2D eigenvalue weighted by molar-refractivity contribution is 5.62. The number of ether oxygens (including phenoxy) is 2. The van der Waals surface area contributed by atoms with Crippen LogP contribution in [0, 0.1) is 5.92 Å². The summed E-state index contributed by atoms with van der Waals surface area (Å²) >= 11 is 0. The Kier molecular flexibility index (Phi) is 5.64. The Morgan fingerprint density at radius 3 is 2.61 bits per heavy atom. The van der Waals surface area contributed by atoms with Crippen molar-refractivity contribution in [2.75, 3.05) is 44.5 Å². The van der Waals surface area contributed by atoms with Crippen LogP contribution in [0.4, 0.5) is 11.6 Å². The van der Waals surface area contributed by atoms with Crippen LogP contribution < -0.4 is 15.4 Å². The first-order valence-corrected chi connectivity index (χ1v) is 5.98. The molecule has 1 aromatic heterocycles. The van der Waals surface area contributed by atoms with E-state index in [2.05, 4.69) is 28.7 Å². The zero-order valence-electron chi connectivity index (χ0n) is 11.5. The van der Waals surface area contributed by atoms with E-state index in [1.807, 2.05) is 0 Å². The minimum Gasteiger partial charge on any atom is -0.490 e. The van der Waals surface area contributed by atoms with Gasteiger partial charge in [0.25, 0.3) is 0 Å². The number of rotatable bonds is 7. The van der Waals surface area contributed by atoms with E-state index in [9.17, 15) is 0 Å². The molecule has 0 aliphatic rings. The van der Waals surface area contributed by atoms with Gasteiger partial charge in [-0.25, -0.2) is 9.97 Å². The second-order valence-electron chi connectivity index (χ2n) is 4.45. The van der Waals surface area contributed by atoms with Crippen LogP contribution in [0.25, 0.3) is 0 Å².